The fourth-order valence-corrected chi connectivity index (χ4v) is 3.15. The molecular weight excluding hydrogens is 298 g/mol. The van der Waals surface area contributed by atoms with Gasteiger partial charge < -0.3 is 10.1 Å². The van der Waals surface area contributed by atoms with E-state index in [1.807, 2.05) is 55.5 Å². The van der Waals surface area contributed by atoms with E-state index in [1.54, 1.807) is 0 Å². The van der Waals surface area contributed by atoms with Crippen LogP contribution in [0.2, 0.25) is 0 Å². The molecule has 0 saturated heterocycles. The molecule has 0 bridgehead atoms. The zero-order valence-electron chi connectivity index (χ0n) is 14.3. The van der Waals surface area contributed by atoms with Gasteiger partial charge in [-0.3, -0.25) is 4.79 Å². The molecule has 1 amide bonds. The van der Waals surface area contributed by atoms with Crippen molar-refractivity contribution in [1.29, 1.82) is 0 Å². The molecule has 0 aliphatic heterocycles. The Balaban J connectivity index is 1.53. The van der Waals surface area contributed by atoms with Gasteiger partial charge in [-0.05, 0) is 62.1 Å². The normalized spacial score (nSPS) is 15.0. The van der Waals surface area contributed by atoms with Gasteiger partial charge in [0.05, 0.1) is 0 Å². The lowest BCUT2D eigenvalue weighted by Gasteiger charge is -2.21. The van der Waals surface area contributed by atoms with Crippen molar-refractivity contribution in [2.45, 2.75) is 39.0 Å². The van der Waals surface area contributed by atoms with Crippen LogP contribution in [0.1, 0.15) is 48.0 Å². The second-order valence-electron chi connectivity index (χ2n) is 6.65. The van der Waals surface area contributed by atoms with Gasteiger partial charge in [0, 0.05) is 12.1 Å². The number of rotatable bonds is 5. The molecule has 0 unspecified atom stereocenters. The molecule has 1 fully saturated rings. The Morgan fingerprint density at radius 3 is 2.17 bits per heavy atom. The number of hydrogen-bond acceptors (Lipinski definition) is 2. The molecule has 2 aromatic rings. The maximum atomic E-state index is 12.2. The predicted molar refractivity (Wildman–Crippen MR) is 96.6 cm³/mol. The molecule has 24 heavy (non-hydrogen) atoms. The highest BCUT2D eigenvalue weighted by atomic mass is 16.5. The molecule has 126 valence electrons. The fourth-order valence-electron chi connectivity index (χ4n) is 3.15. The molecule has 0 radical (unpaired) electrons. The number of aryl methyl sites for hydroxylation is 1. The minimum atomic E-state index is 0.00228. The van der Waals surface area contributed by atoms with E-state index in [1.165, 1.54) is 37.7 Å². The summed E-state index contributed by atoms with van der Waals surface area (Å²) >= 11 is 0. The standard InChI is InChI=1S/C21H25NO2/c1-16-7-11-19(12-8-16)24-20-13-9-18(10-14-20)21(23)22-15-17-5-3-2-4-6-17/h7-14,17H,2-6,15H2,1H3,(H,22,23). The highest BCUT2D eigenvalue weighted by molar-refractivity contribution is 5.94. The molecule has 3 rings (SSSR count). The van der Waals surface area contributed by atoms with Crippen molar-refractivity contribution in [2.75, 3.05) is 6.54 Å². The Morgan fingerprint density at radius 1 is 0.958 bits per heavy atom. The van der Waals surface area contributed by atoms with Gasteiger partial charge in [-0.15, -0.1) is 0 Å². The molecule has 0 heterocycles. The fraction of sp³-hybridized carbons (Fsp3) is 0.381. The van der Waals surface area contributed by atoms with Crippen LogP contribution < -0.4 is 10.1 Å². The third-order valence-corrected chi connectivity index (χ3v) is 4.65. The monoisotopic (exact) mass is 323 g/mol. The summed E-state index contributed by atoms with van der Waals surface area (Å²) in [6, 6.07) is 15.2. The molecule has 2 aromatic carbocycles. The zero-order chi connectivity index (χ0) is 16.8. The molecule has 1 saturated carbocycles. The van der Waals surface area contributed by atoms with Gasteiger partial charge in [-0.1, -0.05) is 37.0 Å². The first kappa shape index (κ1) is 16.6. The van der Waals surface area contributed by atoms with E-state index in [0.717, 1.165) is 18.0 Å². The van der Waals surface area contributed by atoms with E-state index in [2.05, 4.69) is 5.32 Å². The topological polar surface area (TPSA) is 38.3 Å². The van der Waals surface area contributed by atoms with Crippen LogP contribution in [0.5, 0.6) is 11.5 Å². The maximum Gasteiger partial charge on any atom is 0.251 e. The van der Waals surface area contributed by atoms with Crippen LogP contribution in [0.3, 0.4) is 0 Å². The number of benzene rings is 2. The summed E-state index contributed by atoms with van der Waals surface area (Å²) in [4.78, 5) is 12.2. The van der Waals surface area contributed by atoms with Gasteiger partial charge in [0.2, 0.25) is 0 Å². The van der Waals surface area contributed by atoms with Gasteiger partial charge in [0.25, 0.3) is 5.91 Å². The second kappa shape index (κ2) is 8.00. The number of carbonyl (C=O) groups is 1. The molecule has 0 aromatic heterocycles. The van der Waals surface area contributed by atoms with E-state index in [4.69, 9.17) is 4.74 Å². The molecule has 3 heteroatoms. The van der Waals surface area contributed by atoms with E-state index in [0.29, 0.717) is 11.5 Å². The first-order chi connectivity index (χ1) is 11.7. The van der Waals surface area contributed by atoms with Crippen LogP contribution in [0.4, 0.5) is 0 Å². The molecule has 0 spiro atoms. The quantitative estimate of drug-likeness (QED) is 0.831. The van der Waals surface area contributed by atoms with Crippen molar-refractivity contribution < 1.29 is 9.53 Å². The summed E-state index contributed by atoms with van der Waals surface area (Å²) < 4.78 is 5.79. The lowest BCUT2D eigenvalue weighted by molar-refractivity contribution is 0.0943. The minimum absolute atomic E-state index is 0.00228. The second-order valence-corrected chi connectivity index (χ2v) is 6.65. The van der Waals surface area contributed by atoms with Crippen LogP contribution >= 0.6 is 0 Å². The summed E-state index contributed by atoms with van der Waals surface area (Å²) in [5.41, 5.74) is 1.88. The van der Waals surface area contributed by atoms with E-state index in [9.17, 15) is 4.79 Å². The Bertz CT molecular complexity index is 655. The molecular formula is C21H25NO2. The summed E-state index contributed by atoms with van der Waals surface area (Å²) in [6.07, 6.45) is 6.41. The third-order valence-electron chi connectivity index (χ3n) is 4.65. The summed E-state index contributed by atoms with van der Waals surface area (Å²) in [7, 11) is 0. The van der Waals surface area contributed by atoms with Crippen molar-refractivity contribution in [2.24, 2.45) is 5.92 Å². The summed E-state index contributed by atoms with van der Waals surface area (Å²) in [5.74, 6) is 2.19. The molecule has 0 atom stereocenters. The molecule has 1 aliphatic carbocycles. The minimum Gasteiger partial charge on any atom is -0.457 e. The first-order valence-corrected chi connectivity index (χ1v) is 8.83. The van der Waals surface area contributed by atoms with Gasteiger partial charge in [-0.2, -0.15) is 0 Å². The van der Waals surface area contributed by atoms with Gasteiger partial charge in [-0.25, -0.2) is 0 Å². The number of nitrogens with one attached hydrogen (secondary N) is 1. The molecule has 1 aliphatic rings. The van der Waals surface area contributed by atoms with Crippen molar-refractivity contribution >= 4 is 5.91 Å². The molecule has 1 N–H and O–H groups in total. The first-order valence-electron chi connectivity index (χ1n) is 8.83. The van der Waals surface area contributed by atoms with Crippen molar-refractivity contribution in [3.8, 4) is 11.5 Å². The van der Waals surface area contributed by atoms with Gasteiger partial charge in [0.15, 0.2) is 0 Å². The number of amides is 1. The van der Waals surface area contributed by atoms with E-state index in [-0.39, 0.29) is 5.91 Å². The smallest absolute Gasteiger partial charge is 0.251 e. The lowest BCUT2D eigenvalue weighted by atomic mass is 9.89. The Kier molecular flexibility index (Phi) is 5.52. The van der Waals surface area contributed by atoms with Crippen LogP contribution in [0.15, 0.2) is 48.5 Å². The van der Waals surface area contributed by atoms with Crippen molar-refractivity contribution in [1.82, 2.24) is 5.32 Å². The zero-order valence-corrected chi connectivity index (χ0v) is 14.3. The average Bonchev–Trinajstić information content (AvgIpc) is 2.63. The average molecular weight is 323 g/mol. The highest BCUT2D eigenvalue weighted by Gasteiger charge is 2.14. The SMILES string of the molecule is Cc1ccc(Oc2ccc(C(=O)NCC3CCCCC3)cc2)cc1. The van der Waals surface area contributed by atoms with Crippen molar-refractivity contribution in [3.63, 3.8) is 0 Å². The van der Waals surface area contributed by atoms with Gasteiger partial charge in [0.1, 0.15) is 11.5 Å². The van der Waals surface area contributed by atoms with Crippen LogP contribution in [0.25, 0.3) is 0 Å². The number of ether oxygens (including phenoxy) is 1. The van der Waals surface area contributed by atoms with Crippen molar-refractivity contribution in [3.05, 3.63) is 59.7 Å². The maximum absolute atomic E-state index is 12.2. The highest BCUT2D eigenvalue weighted by Crippen LogP contribution is 2.24. The third kappa shape index (κ3) is 4.60. The Labute approximate surface area is 144 Å². The summed E-state index contributed by atoms with van der Waals surface area (Å²) in [5, 5.41) is 3.06. The lowest BCUT2D eigenvalue weighted by Crippen LogP contribution is -2.30. The Hall–Kier alpha value is -2.29. The number of hydrogen-bond donors (Lipinski definition) is 1. The van der Waals surface area contributed by atoms with Crippen LogP contribution in [-0.2, 0) is 0 Å². The van der Waals surface area contributed by atoms with E-state index < -0.39 is 0 Å². The summed E-state index contributed by atoms with van der Waals surface area (Å²) in [6.45, 7) is 2.84. The van der Waals surface area contributed by atoms with Crippen LogP contribution in [-0.4, -0.2) is 12.5 Å². The largest absolute Gasteiger partial charge is 0.457 e. The van der Waals surface area contributed by atoms with Gasteiger partial charge >= 0.3 is 0 Å². The predicted octanol–water partition coefficient (Wildman–Crippen LogP) is 5.10. The number of carbonyl (C=O) groups excluding carboxylic acids is 1. The molecule has 3 nitrogen and oxygen atoms in total. The Morgan fingerprint density at radius 2 is 1.54 bits per heavy atom. The van der Waals surface area contributed by atoms with E-state index >= 15 is 0 Å². The van der Waals surface area contributed by atoms with Crippen LogP contribution in [0, 0.1) is 12.8 Å².